The second-order valence-corrected chi connectivity index (χ2v) is 5.38. The van der Waals surface area contributed by atoms with Crippen LogP contribution >= 0.6 is 7.82 Å². The summed E-state index contributed by atoms with van der Waals surface area (Å²) in [6, 6.07) is 0. The summed E-state index contributed by atoms with van der Waals surface area (Å²) in [5, 5.41) is 7.14. The van der Waals surface area contributed by atoms with Crippen molar-refractivity contribution >= 4 is 7.82 Å². The number of phosphoric acid groups is 1. The van der Waals surface area contributed by atoms with Crippen LogP contribution in [0.15, 0.2) is 0 Å². The molecule has 11 heteroatoms. The Labute approximate surface area is 63.8 Å². The van der Waals surface area contributed by atoms with Crippen molar-refractivity contribution in [2.45, 2.75) is 0 Å². The Hall–Kier alpha value is 0.278. The van der Waals surface area contributed by atoms with Crippen molar-refractivity contribution in [2.24, 2.45) is 0 Å². The number of hydrogen-bond acceptors (Lipinski definition) is 5. The van der Waals surface area contributed by atoms with Crippen LogP contribution < -0.4 is 0 Å². The molecule has 0 spiro atoms. The molecule has 9 nitrogen and oxygen atoms in total. The zero-order valence-electron chi connectivity index (χ0n) is 4.72. The Morgan fingerprint density at radius 2 is 1.27 bits per heavy atom. The van der Waals surface area contributed by atoms with Gasteiger partial charge >= 0.3 is 38.9 Å². The molecule has 0 aliphatic rings. The van der Waals surface area contributed by atoms with Gasteiger partial charge in [-0.25, -0.2) is 9.82 Å². The van der Waals surface area contributed by atoms with Crippen molar-refractivity contribution in [1.82, 2.24) is 0 Å². The van der Waals surface area contributed by atoms with Crippen molar-refractivity contribution < 1.29 is 55.3 Å². The van der Waals surface area contributed by atoms with Crippen LogP contribution in [0, 0.1) is 0 Å². The first-order valence-corrected chi connectivity index (χ1v) is 8.20. The molecule has 0 bridgehead atoms. The monoisotopic (exact) mass is 364 g/mol. The molecule has 0 heterocycles. The van der Waals surface area contributed by atoms with Gasteiger partial charge in [0.05, 0.1) is 0 Å². The molecule has 0 aromatic heterocycles. The van der Waals surface area contributed by atoms with E-state index in [1.54, 1.807) is 0 Å². The fraction of sp³-hybridized carbons (Fsp3) is 0. The van der Waals surface area contributed by atoms with Gasteiger partial charge in [-0.05, 0) is 0 Å². The molecule has 0 rings (SSSR count). The van der Waals surface area contributed by atoms with Crippen molar-refractivity contribution in [3.8, 4) is 0 Å². The van der Waals surface area contributed by atoms with E-state index in [4.69, 9.17) is 29.4 Å². The molecule has 0 unspecified atom stereocenters. The van der Waals surface area contributed by atoms with Gasteiger partial charge in [-0.15, -0.1) is 4.67 Å². The van der Waals surface area contributed by atoms with Crippen LogP contribution in [-0.4, -0.2) is 22.6 Å². The van der Waals surface area contributed by atoms with Gasteiger partial charge in [0.25, 0.3) is 0 Å². The summed E-state index contributed by atoms with van der Waals surface area (Å²) in [7, 11) is -4.59. The normalized spacial score (nSPS) is 11.7. The van der Waals surface area contributed by atoms with E-state index in [0.717, 1.165) is 0 Å². The summed E-state index contributed by atoms with van der Waals surface area (Å²) in [6.45, 7) is 0. The Bertz CT molecular complexity index is 208. The van der Waals surface area contributed by atoms with Crippen LogP contribution in [0.1, 0.15) is 0 Å². The predicted octanol–water partition coefficient (Wildman–Crippen LogP) is -1.79. The van der Waals surface area contributed by atoms with Gasteiger partial charge in [-0.3, -0.25) is 0 Å². The molecule has 11 heavy (non-hydrogen) atoms. The molecule has 70 valence electrons. The second-order valence-electron chi connectivity index (χ2n) is 1.02. The van der Waals surface area contributed by atoms with E-state index < -0.39 is 24.6 Å². The molecule has 0 saturated carbocycles. The van der Waals surface area contributed by atoms with Gasteiger partial charge in [0, 0.05) is 0 Å². The van der Waals surface area contributed by atoms with E-state index in [0.29, 0.717) is 0 Å². The van der Waals surface area contributed by atoms with E-state index in [1.165, 1.54) is 0 Å². The summed E-state index contributed by atoms with van der Waals surface area (Å²) in [5.41, 5.74) is 0. The number of rotatable bonds is 1. The van der Waals surface area contributed by atoms with E-state index >= 15 is 0 Å². The van der Waals surface area contributed by atoms with Crippen LogP contribution in [0.25, 0.3) is 0 Å². The summed E-state index contributed by atoms with van der Waals surface area (Å²) < 4.78 is 43.9. The molecule has 0 aromatic rings. The Morgan fingerprint density at radius 1 is 1.18 bits per heavy atom. The Kier molecular flexibility index (Phi) is 6.31. The number of hydrogen-bond donors (Lipinski definition) is 5. The predicted molar refractivity (Wildman–Crippen MR) is 21.6 cm³/mol. The van der Waals surface area contributed by atoms with Crippen molar-refractivity contribution in [2.75, 3.05) is 0 Å². The molecule has 5 N–H and O–H groups in total. The SMILES string of the molecule is O=P(O)(O)OO.[O]=[W](=[O])([OH])[OH]. The van der Waals surface area contributed by atoms with Gasteiger partial charge in [-0.1, -0.05) is 0 Å². The quantitative estimate of drug-likeness (QED) is 0.206. The molecule has 0 aliphatic carbocycles. The van der Waals surface area contributed by atoms with Crippen LogP contribution in [0.2, 0.25) is 0 Å². The first-order chi connectivity index (χ1) is 4.56. The van der Waals surface area contributed by atoms with E-state index in [-0.39, 0.29) is 0 Å². The topological polar surface area (TPSA) is 162 Å². The third kappa shape index (κ3) is 65.5. The van der Waals surface area contributed by atoms with Gasteiger partial charge in [0.2, 0.25) is 0 Å². The standard InChI is InChI=1S/H3O5P.2H2O.2O.W/c1-5-6(2,3)4;;;;;/h1H,(H2,2,3,4);2*1H2;;;/q;;;;;+2/p-2. The Morgan fingerprint density at radius 3 is 1.27 bits per heavy atom. The third-order valence-corrected chi connectivity index (χ3v) is 0.319. The molecule has 0 atom stereocenters. The molecule has 0 aliphatic heterocycles. The van der Waals surface area contributed by atoms with Crippen molar-refractivity contribution in [3.63, 3.8) is 0 Å². The minimum absolute atomic E-state index is 2.60. The minimum atomic E-state index is -5.67. The molecule has 0 radical (unpaired) electrons. The van der Waals surface area contributed by atoms with Crippen LogP contribution in [-0.2, 0) is 32.8 Å². The fourth-order valence-corrected chi connectivity index (χ4v) is 0. The average molecular weight is 364 g/mol. The molecule has 0 saturated heterocycles. The van der Waals surface area contributed by atoms with Crippen molar-refractivity contribution in [3.05, 3.63) is 0 Å². The van der Waals surface area contributed by atoms with Gasteiger partial charge in [0.1, 0.15) is 0 Å². The molecular weight excluding hydrogens is 359 g/mol. The summed E-state index contributed by atoms with van der Waals surface area (Å²) in [4.78, 5) is 14.9. The van der Waals surface area contributed by atoms with E-state index in [2.05, 4.69) is 4.67 Å². The second kappa shape index (κ2) is 5.02. The first-order valence-electron chi connectivity index (χ1n) is 1.65. The maximum absolute atomic E-state index is 9.22. The van der Waals surface area contributed by atoms with Gasteiger partial charge < -0.3 is 9.79 Å². The molecule has 0 fully saturated rings. The molecular formula is H5O9PW. The summed E-state index contributed by atoms with van der Waals surface area (Å²) in [5.74, 6) is 0. The van der Waals surface area contributed by atoms with Crippen LogP contribution in [0.3, 0.4) is 0 Å². The van der Waals surface area contributed by atoms with Crippen LogP contribution in [0.5, 0.6) is 0 Å². The zero-order chi connectivity index (χ0) is 9.71. The van der Waals surface area contributed by atoms with E-state index in [9.17, 15) is 4.57 Å². The first kappa shape index (κ1) is 13.8. The third-order valence-electron chi connectivity index (χ3n) is 0.106. The zero-order valence-corrected chi connectivity index (χ0v) is 8.55. The molecule has 0 amide bonds. The maximum atomic E-state index is 9.22. The Balaban J connectivity index is 0. The fourth-order valence-electron chi connectivity index (χ4n) is 0. The molecule has 0 aromatic carbocycles. The average Bonchev–Trinajstić information content (AvgIpc) is 1.59. The summed E-state index contributed by atoms with van der Waals surface area (Å²) >= 11 is -5.67. The van der Waals surface area contributed by atoms with Crippen molar-refractivity contribution in [1.29, 1.82) is 0 Å². The van der Waals surface area contributed by atoms with E-state index in [1.807, 2.05) is 0 Å². The van der Waals surface area contributed by atoms with Gasteiger partial charge in [0.15, 0.2) is 0 Å². The van der Waals surface area contributed by atoms with Crippen LogP contribution in [0.4, 0.5) is 0 Å². The van der Waals surface area contributed by atoms with Gasteiger partial charge in [-0.2, -0.15) is 0 Å². The summed E-state index contributed by atoms with van der Waals surface area (Å²) in [6.07, 6.45) is 0.